The van der Waals surface area contributed by atoms with Gasteiger partial charge in [-0.25, -0.2) is 9.78 Å². The highest BCUT2D eigenvalue weighted by Crippen LogP contribution is 2.05. The number of rotatable bonds is 4. The predicted molar refractivity (Wildman–Crippen MR) is 63.8 cm³/mol. The first-order valence-corrected chi connectivity index (χ1v) is 5.59. The van der Waals surface area contributed by atoms with Crippen molar-refractivity contribution >= 4 is 11.2 Å². The minimum atomic E-state index is -0.454. The van der Waals surface area contributed by atoms with E-state index in [1.165, 1.54) is 4.57 Å². The van der Waals surface area contributed by atoms with Crippen molar-refractivity contribution in [3.05, 3.63) is 26.7 Å². The number of imidazole rings is 1. The van der Waals surface area contributed by atoms with Crippen LogP contribution in [0.1, 0.15) is 25.6 Å². The number of unbranched alkanes of at least 4 members (excludes halogenated alkanes) is 1. The van der Waals surface area contributed by atoms with Crippen molar-refractivity contribution in [2.24, 2.45) is 5.73 Å². The molecule has 0 saturated heterocycles. The Hall–Kier alpha value is -1.89. The molecule has 0 atom stereocenters. The number of hydrogen-bond donors (Lipinski definition) is 3. The number of nitrogens with one attached hydrogen (secondary N) is 2. The molecule has 0 spiro atoms. The van der Waals surface area contributed by atoms with Crippen LogP contribution in [0.4, 0.5) is 0 Å². The van der Waals surface area contributed by atoms with E-state index in [2.05, 4.69) is 15.0 Å². The van der Waals surface area contributed by atoms with Gasteiger partial charge >= 0.3 is 5.69 Å². The molecule has 2 heterocycles. The second kappa shape index (κ2) is 4.54. The van der Waals surface area contributed by atoms with Crippen molar-refractivity contribution in [3.63, 3.8) is 0 Å². The third-order valence-electron chi connectivity index (χ3n) is 2.61. The maximum absolute atomic E-state index is 11.7. The lowest BCUT2D eigenvalue weighted by molar-refractivity contribution is 0.613. The van der Waals surface area contributed by atoms with Crippen molar-refractivity contribution in [2.75, 3.05) is 0 Å². The van der Waals surface area contributed by atoms with Gasteiger partial charge in [-0.2, -0.15) is 0 Å². The van der Waals surface area contributed by atoms with Crippen molar-refractivity contribution < 1.29 is 0 Å². The van der Waals surface area contributed by atoms with E-state index < -0.39 is 11.2 Å². The van der Waals surface area contributed by atoms with Gasteiger partial charge in [-0.15, -0.1) is 0 Å². The number of aromatic nitrogens is 4. The summed E-state index contributed by atoms with van der Waals surface area (Å²) in [5.41, 5.74) is 5.27. The fraction of sp³-hybridized carbons (Fsp3) is 0.500. The summed E-state index contributed by atoms with van der Waals surface area (Å²) in [6, 6.07) is 0. The van der Waals surface area contributed by atoms with Crippen LogP contribution in [-0.4, -0.2) is 19.5 Å². The first-order valence-electron chi connectivity index (χ1n) is 5.59. The highest BCUT2D eigenvalue weighted by Gasteiger charge is 2.11. The Kier molecular flexibility index (Phi) is 3.10. The maximum Gasteiger partial charge on any atom is 0.330 e. The van der Waals surface area contributed by atoms with Gasteiger partial charge in [-0.05, 0) is 6.42 Å². The van der Waals surface area contributed by atoms with Gasteiger partial charge in [-0.3, -0.25) is 14.3 Å². The standard InChI is InChI=1S/C10H15N5O2/c1-2-3-4-15-8-7(9(16)14-10(15)17)12-6(5-11)13-8/h2-5,11H2,1H3,(H,12,13)(H,14,16,17). The summed E-state index contributed by atoms with van der Waals surface area (Å²) < 4.78 is 1.47. The third-order valence-corrected chi connectivity index (χ3v) is 2.61. The Morgan fingerprint density at radius 2 is 2.12 bits per heavy atom. The van der Waals surface area contributed by atoms with Gasteiger partial charge in [-0.1, -0.05) is 13.3 Å². The van der Waals surface area contributed by atoms with Gasteiger partial charge in [0.15, 0.2) is 5.65 Å². The maximum atomic E-state index is 11.7. The lowest BCUT2D eigenvalue weighted by atomic mass is 10.3. The highest BCUT2D eigenvalue weighted by molar-refractivity contribution is 5.69. The Morgan fingerprint density at radius 3 is 2.76 bits per heavy atom. The predicted octanol–water partition coefficient (Wildman–Crippen LogP) is -0.328. The van der Waals surface area contributed by atoms with E-state index in [9.17, 15) is 9.59 Å². The van der Waals surface area contributed by atoms with Crippen LogP contribution in [0.15, 0.2) is 9.59 Å². The molecule has 7 nitrogen and oxygen atoms in total. The molecular weight excluding hydrogens is 222 g/mol. The lowest BCUT2D eigenvalue weighted by Crippen LogP contribution is -2.30. The second-order valence-corrected chi connectivity index (χ2v) is 3.85. The van der Waals surface area contributed by atoms with Gasteiger partial charge in [0.2, 0.25) is 0 Å². The molecule has 4 N–H and O–H groups in total. The molecule has 7 heteroatoms. The van der Waals surface area contributed by atoms with Crippen LogP contribution >= 0.6 is 0 Å². The smallest absolute Gasteiger partial charge is 0.330 e. The molecule has 17 heavy (non-hydrogen) atoms. The number of aryl methyl sites for hydroxylation is 1. The third kappa shape index (κ3) is 2.01. The minimum Gasteiger partial charge on any atom is -0.335 e. The molecule has 0 unspecified atom stereocenters. The molecule has 0 aromatic carbocycles. The number of fused-ring (bicyclic) bond motifs is 1. The largest absolute Gasteiger partial charge is 0.335 e. The van der Waals surface area contributed by atoms with E-state index in [1.54, 1.807) is 0 Å². The molecule has 0 aliphatic heterocycles. The van der Waals surface area contributed by atoms with Gasteiger partial charge < -0.3 is 10.7 Å². The molecule has 2 aromatic heterocycles. The van der Waals surface area contributed by atoms with E-state index >= 15 is 0 Å². The average molecular weight is 237 g/mol. The Bertz CT molecular complexity index is 636. The fourth-order valence-corrected chi connectivity index (χ4v) is 1.71. The second-order valence-electron chi connectivity index (χ2n) is 3.85. The van der Waals surface area contributed by atoms with Gasteiger partial charge in [0.1, 0.15) is 11.3 Å². The van der Waals surface area contributed by atoms with Crippen LogP contribution in [0.5, 0.6) is 0 Å². The molecule has 0 bridgehead atoms. The van der Waals surface area contributed by atoms with Crippen LogP contribution in [-0.2, 0) is 13.1 Å². The van der Waals surface area contributed by atoms with E-state index in [4.69, 9.17) is 5.73 Å². The zero-order chi connectivity index (χ0) is 12.4. The molecule has 0 saturated carbocycles. The monoisotopic (exact) mass is 237 g/mol. The molecule has 92 valence electrons. The Morgan fingerprint density at radius 1 is 1.35 bits per heavy atom. The minimum absolute atomic E-state index is 0.204. The number of nitrogens with two attached hydrogens (primary N) is 1. The summed E-state index contributed by atoms with van der Waals surface area (Å²) in [6.07, 6.45) is 1.81. The molecule has 2 aromatic rings. The summed E-state index contributed by atoms with van der Waals surface area (Å²) in [4.78, 5) is 32.5. The summed E-state index contributed by atoms with van der Waals surface area (Å²) in [6.45, 7) is 2.78. The summed E-state index contributed by atoms with van der Waals surface area (Å²) >= 11 is 0. The van der Waals surface area contributed by atoms with Crippen LogP contribution in [0.3, 0.4) is 0 Å². The summed E-state index contributed by atoms with van der Waals surface area (Å²) in [5, 5.41) is 0. The van der Waals surface area contributed by atoms with Crippen molar-refractivity contribution in [1.29, 1.82) is 0 Å². The number of aromatic amines is 2. The SMILES string of the molecule is CCCCn1c(=O)[nH]c(=O)c2[nH]c(CN)nc21. The highest BCUT2D eigenvalue weighted by atomic mass is 16.2. The summed E-state index contributed by atoms with van der Waals surface area (Å²) in [7, 11) is 0. The van der Waals surface area contributed by atoms with Gasteiger partial charge in [0, 0.05) is 6.54 Å². The quantitative estimate of drug-likeness (QED) is 0.676. The Balaban J connectivity index is 2.68. The van der Waals surface area contributed by atoms with E-state index in [0.29, 0.717) is 23.5 Å². The fourth-order valence-electron chi connectivity index (χ4n) is 1.71. The molecule has 0 aliphatic rings. The van der Waals surface area contributed by atoms with Crippen LogP contribution < -0.4 is 17.0 Å². The Labute approximate surface area is 96.7 Å². The van der Waals surface area contributed by atoms with Crippen molar-refractivity contribution in [3.8, 4) is 0 Å². The summed E-state index contributed by atoms with van der Waals surface area (Å²) in [5.74, 6) is 0.501. The first-order chi connectivity index (χ1) is 8.17. The van der Waals surface area contributed by atoms with Gasteiger partial charge in [0.05, 0.1) is 6.54 Å². The van der Waals surface area contributed by atoms with E-state index in [1.807, 2.05) is 6.92 Å². The topological polar surface area (TPSA) is 110 Å². The molecule has 2 rings (SSSR count). The molecular formula is C10H15N5O2. The first kappa shape index (κ1) is 11.6. The zero-order valence-electron chi connectivity index (χ0n) is 9.62. The average Bonchev–Trinajstić information content (AvgIpc) is 2.73. The van der Waals surface area contributed by atoms with E-state index in [-0.39, 0.29) is 6.54 Å². The lowest BCUT2D eigenvalue weighted by Gasteiger charge is -2.03. The van der Waals surface area contributed by atoms with Crippen LogP contribution in [0, 0.1) is 0 Å². The number of nitrogens with zero attached hydrogens (tertiary/aromatic N) is 2. The normalized spacial score (nSPS) is 11.2. The van der Waals surface area contributed by atoms with E-state index in [0.717, 1.165) is 12.8 Å². The molecule has 0 radical (unpaired) electrons. The molecule has 0 aliphatic carbocycles. The van der Waals surface area contributed by atoms with Gasteiger partial charge in [0.25, 0.3) is 5.56 Å². The number of H-pyrrole nitrogens is 2. The molecule has 0 fully saturated rings. The molecule has 0 amide bonds. The zero-order valence-corrected chi connectivity index (χ0v) is 9.62. The number of hydrogen-bond acceptors (Lipinski definition) is 4. The van der Waals surface area contributed by atoms with Crippen LogP contribution in [0.25, 0.3) is 11.2 Å². The van der Waals surface area contributed by atoms with Crippen LogP contribution in [0.2, 0.25) is 0 Å². The van der Waals surface area contributed by atoms with Crippen molar-refractivity contribution in [1.82, 2.24) is 19.5 Å². The van der Waals surface area contributed by atoms with Crippen molar-refractivity contribution in [2.45, 2.75) is 32.9 Å².